The van der Waals surface area contributed by atoms with Gasteiger partial charge in [0.1, 0.15) is 5.82 Å². The van der Waals surface area contributed by atoms with Crippen LogP contribution in [0, 0.1) is 17.7 Å². The highest BCUT2D eigenvalue weighted by atomic mass is 19.1. The van der Waals surface area contributed by atoms with Crippen LogP contribution in [-0.4, -0.2) is 40.0 Å². The molecular formula is C23H32FN3O. The largest absolute Gasteiger partial charge is 0.411 e. The van der Waals surface area contributed by atoms with Crippen molar-refractivity contribution in [1.82, 2.24) is 9.47 Å². The number of fused-ring (bicyclic) bond motifs is 1. The fraction of sp³-hybridized carbons (Fsp3) is 0.609. The Bertz CT molecular complexity index is 828. The summed E-state index contributed by atoms with van der Waals surface area (Å²) in [6, 6.07) is 6.06. The first kappa shape index (κ1) is 19.4. The smallest absolute Gasteiger partial charge is 0.123 e. The number of hydrogen-bond acceptors (Lipinski definition) is 3. The van der Waals surface area contributed by atoms with Gasteiger partial charge < -0.3 is 14.7 Å². The van der Waals surface area contributed by atoms with Crippen molar-refractivity contribution in [2.75, 3.05) is 13.1 Å². The summed E-state index contributed by atoms with van der Waals surface area (Å²) in [5.41, 5.74) is 1.79. The van der Waals surface area contributed by atoms with E-state index in [-0.39, 0.29) is 5.82 Å². The monoisotopic (exact) mass is 385 g/mol. The first-order valence-electron chi connectivity index (χ1n) is 10.8. The van der Waals surface area contributed by atoms with E-state index in [1.165, 1.54) is 44.0 Å². The lowest BCUT2D eigenvalue weighted by atomic mass is 9.79. The van der Waals surface area contributed by atoms with Gasteiger partial charge in [0.2, 0.25) is 0 Å². The summed E-state index contributed by atoms with van der Waals surface area (Å²) < 4.78 is 16.0. The minimum Gasteiger partial charge on any atom is -0.411 e. The second-order valence-corrected chi connectivity index (χ2v) is 8.98. The Kier molecular flexibility index (Phi) is 5.72. The number of benzene rings is 1. The molecule has 1 aliphatic heterocycles. The third kappa shape index (κ3) is 3.82. The Morgan fingerprint density at radius 3 is 2.43 bits per heavy atom. The van der Waals surface area contributed by atoms with Crippen LogP contribution in [0.15, 0.2) is 29.6 Å². The van der Waals surface area contributed by atoms with E-state index in [4.69, 9.17) is 5.21 Å². The molecule has 0 radical (unpaired) electrons. The second kappa shape index (κ2) is 8.24. The van der Waals surface area contributed by atoms with Gasteiger partial charge in [-0.3, -0.25) is 0 Å². The summed E-state index contributed by atoms with van der Waals surface area (Å²) in [5, 5.41) is 12.9. The van der Waals surface area contributed by atoms with Crippen molar-refractivity contribution in [3.63, 3.8) is 0 Å². The fourth-order valence-corrected chi connectivity index (χ4v) is 5.38. The van der Waals surface area contributed by atoms with Crippen LogP contribution in [0.5, 0.6) is 0 Å². The van der Waals surface area contributed by atoms with E-state index in [1.54, 1.807) is 0 Å². The fourth-order valence-electron chi connectivity index (χ4n) is 5.38. The molecule has 1 aromatic carbocycles. The molecule has 2 fully saturated rings. The average Bonchev–Trinajstić information content (AvgIpc) is 3.06. The van der Waals surface area contributed by atoms with Crippen molar-refractivity contribution >= 4 is 17.1 Å². The van der Waals surface area contributed by atoms with Crippen LogP contribution in [0.3, 0.4) is 0 Å². The number of rotatable bonds is 4. The molecule has 4 nitrogen and oxygen atoms in total. The highest BCUT2D eigenvalue weighted by Gasteiger charge is 2.30. The third-order valence-electron chi connectivity index (χ3n) is 7.12. The molecule has 5 heteroatoms. The van der Waals surface area contributed by atoms with Crippen LogP contribution in [0.2, 0.25) is 0 Å². The van der Waals surface area contributed by atoms with Gasteiger partial charge in [-0.25, -0.2) is 4.39 Å². The van der Waals surface area contributed by atoms with Gasteiger partial charge in [0.05, 0.1) is 6.21 Å². The molecule has 2 aromatic rings. The Hall–Kier alpha value is -1.88. The van der Waals surface area contributed by atoms with Gasteiger partial charge in [-0.15, -0.1) is 0 Å². The minimum absolute atomic E-state index is 0.260. The molecule has 1 aromatic heterocycles. The Balaban J connectivity index is 1.44. The summed E-state index contributed by atoms with van der Waals surface area (Å²) >= 11 is 0. The predicted molar refractivity (Wildman–Crippen MR) is 112 cm³/mol. The molecule has 0 spiro atoms. The van der Waals surface area contributed by atoms with Crippen LogP contribution in [0.4, 0.5) is 4.39 Å². The SMILES string of the molecule is CC(C)C1CCC(N2CCC(n3cc(/C=N/O)c4cc(F)ccc43)CC2)CC1. The quantitative estimate of drug-likeness (QED) is 0.432. The van der Waals surface area contributed by atoms with E-state index in [1.807, 2.05) is 12.3 Å². The molecular weight excluding hydrogens is 353 g/mol. The molecule has 0 unspecified atom stereocenters. The standard InChI is InChI=1S/C23H32FN3O/c1-16(2)17-3-6-20(7-4-17)26-11-9-21(10-12-26)27-15-18(14-25-28)22-13-19(24)5-8-23(22)27/h5,8,13-17,20-21,28H,3-4,6-7,9-12H2,1-2H3/b25-14+. The average molecular weight is 386 g/mol. The van der Waals surface area contributed by atoms with E-state index in [0.29, 0.717) is 6.04 Å². The van der Waals surface area contributed by atoms with Crippen molar-refractivity contribution in [3.05, 3.63) is 35.8 Å². The van der Waals surface area contributed by atoms with Crippen molar-refractivity contribution in [1.29, 1.82) is 0 Å². The van der Waals surface area contributed by atoms with Crippen molar-refractivity contribution in [2.45, 2.75) is 64.5 Å². The number of halogens is 1. The highest BCUT2D eigenvalue weighted by molar-refractivity contribution is 5.99. The maximum Gasteiger partial charge on any atom is 0.123 e. The zero-order chi connectivity index (χ0) is 19.7. The lowest BCUT2D eigenvalue weighted by Crippen LogP contribution is -2.43. The summed E-state index contributed by atoms with van der Waals surface area (Å²) in [4.78, 5) is 2.70. The lowest BCUT2D eigenvalue weighted by molar-refractivity contribution is 0.0894. The van der Waals surface area contributed by atoms with E-state index >= 15 is 0 Å². The molecule has 1 saturated carbocycles. The van der Waals surface area contributed by atoms with Crippen molar-refractivity contribution in [3.8, 4) is 0 Å². The third-order valence-corrected chi connectivity index (χ3v) is 7.12. The number of likely N-dealkylation sites (tertiary alicyclic amines) is 1. The first-order valence-corrected chi connectivity index (χ1v) is 10.8. The second-order valence-electron chi connectivity index (χ2n) is 8.98. The molecule has 4 rings (SSSR count). The number of piperidine rings is 1. The number of nitrogens with zero attached hydrogens (tertiary/aromatic N) is 3. The van der Waals surface area contributed by atoms with E-state index in [9.17, 15) is 4.39 Å². The van der Waals surface area contributed by atoms with E-state index in [2.05, 4.69) is 28.5 Å². The number of oxime groups is 1. The summed E-state index contributed by atoms with van der Waals surface area (Å²) in [7, 11) is 0. The summed E-state index contributed by atoms with van der Waals surface area (Å²) in [5.74, 6) is 1.46. The topological polar surface area (TPSA) is 40.8 Å². The number of aromatic nitrogens is 1. The molecule has 2 heterocycles. The maximum absolute atomic E-state index is 13.7. The van der Waals surface area contributed by atoms with Gasteiger partial charge in [-0.1, -0.05) is 19.0 Å². The van der Waals surface area contributed by atoms with Gasteiger partial charge in [-0.2, -0.15) is 0 Å². The van der Waals surface area contributed by atoms with Crippen LogP contribution in [0.25, 0.3) is 10.9 Å². The van der Waals surface area contributed by atoms with E-state index < -0.39 is 0 Å². The molecule has 1 N–H and O–H groups in total. The molecule has 28 heavy (non-hydrogen) atoms. The van der Waals surface area contributed by atoms with Crippen LogP contribution < -0.4 is 0 Å². The Labute approximate surface area is 167 Å². The zero-order valence-corrected chi connectivity index (χ0v) is 17.0. The van der Waals surface area contributed by atoms with Gasteiger partial charge >= 0.3 is 0 Å². The number of hydrogen-bond donors (Lipinski definition) is 1. The van der Waals surface area contributed by atoms with Gasteiger partial charge in [0.15, 0.2) is 0 Å². The van der Waals surface area contributed by atoms with Crippen molar-refractivity contribution < 1.29 is 9.60 Å². The maximum atomic E-state index is 13.7. The zero-order valence-electron chi connectivity index (χ0n) is 17.0. The molecule has 1 aliphatic carbocycles. The van der Waals surface area contributed by atoms with Crippen LogP contribution >= 0.6 is 0 Å². The van der Waals surface area contributed by atoms with Crippen LogP contribution in [-0.2, 0) is 0 Å². The Morgan fingerprint density at radius 2 is 1.79 bits per heavy atom. The first-order chi connectivity index (χ1) is 13.6. The lowest BCUT2D eigenvalue weighted by Gasteiger charge is -2.42. The van der Waals surface area contributed by atoms with Gasteiger partial charge in [-0.05, 0) is 68.6 Å². The van der Waals surface area contributed by atoms with Gasteiger partial charge in [0, 0.05) is 47.8 Å². The molecule has 2 aliphatic rings. The van der Waals surface area contributed by atoms with E-state index in [0.717, 1.165) is 60.3 Å². The van der Waals surface area contributed by atoms with Crippen LogP contribution in [0.1, 0.15) is 64.0 Å². The highest BCUT2D eigenvalue weighted by Crippen LogP contribution is 2.35. The predicted octanol–water partition coefficient (Wildman–Crippen LogP) is 5.44. The molecule has 152 valence electrons. The minimum atomic E-state index is -0.260. The van der Waals surface area contributed by atoms with Gasteiger partial charge in [0.25, 0.3) is 0 Å². The van der Waals surface area contributed by atoms with Crippen molar-refractivity contribution in [2.24, 2.45) is 17.0 Å². The molecule has 0 amide bonds. The summed E-state index contributed by atoms with van der Waals surface area (Å²) in [6.07, 6.45) is 11.1. The molecule has 0 atom stereocenters. The Morgan fingerprint density at radius 1 is 1.07 bits per heavy atom. The summed E-state index contributed by atoms with van der Waals surface area (Å²) in [6.45, 7) is 6.98. The molecule has 0 bridgehead atoms. The molecule has 1 saturated heterocycles. The normalized spacial score (nSPS) is 25.3.